The Kier molecular flexibility index (Phi) is 3.88. The molecule has 3 aliphatic rings. The van der Waals surface area contributed by atoms with Crippen LogP contribution in [-0.2, 0) is 4.79 Å². The Morgan fingerprint density at radius 1 is 0.778 bits per heavy atom. The molecule has 0 N–H and O–H groups in total. The lowest BCUT2D eigenvalue weighted by atomic mass is 9.88. The minimum absolute atomic E-state index is 0.356. The summed E-state index contributed by atoms with van der Waals surface area (Å²) >= 11 is 0. The average molecular weight is 250 g/mol. The molecule has 2 saturated carbocycles. The van der Waals surface area contributed by atoms with Gasteiger partial charge in [-0.05, 0) is 25.7 Å². The zero-order chi connectivity index (χ0) is 12.4. The van der Waals surface area contributed by atoms with Crippen LogP contribution < -0.4 is 0 Å². The van der Waals surface area contributed by atoms with Gasteiger partial charge in [0.1, 0.15) is 0 Å². The molecule has 102 valence electrons. The van der Waals surface area contributed by atoms with Crippen LogP contribution in [0, 0.1) is 5.92 Å². The third-order valence-electron chi connectivity index (χ3n) is 5.17. The summed E-state index contributed by atoms with van der Waals surface area (Å²) in [5.74, 6) is 0.817. The van der Waals surface area contributed by atoms with Crippen molar-refractivity contribution in [3.05, 3.63) is 0 Å². The van der Waals surface area contributed by atoms with Crippen molar-refractivity contribution in [2.24, 2.45) is 5.92 Å². The van der Waals surface area contributed by atoms with E-state index in [1.165, 1.54) is 38.5 Å². The molecule has 0 atom stereocenters. The van der Waals surface area contributed by atoms with Gasteiger partial charge in [-0.1, -0.05) is 25.7 Å². The second-order valence-corrected chi connectivity index (χ2v) is 6.28. The van der Waals surface area contributed by atoms with Gasteiger partial charge in [-0.25, -0.2) is 0 Å². The van der Waals surface area contributed by atoms with Gasteiger partial charge < -0.3 is 4.90 Å². The first kappa shape index (κ1) is 12.5. The van der Waals surface area contributed by atoms with Gasteiger partial charge in [-0.2, -0.15) is 0 Å². The van der Waals surface area contributed by atoms with Crippen LogP contribution in [0.3, 0.4) is 0 Å². The lowest BCUT2D eigenvalue weighted by Crippen LogP contribution is -2.54. The van der Waals surface area contributed by atoms with E-state index < -0.39 is 0 Å². The molecule has 1 saturated heterocycles. The van der Waals surface area contributed by atoms with Gasteiger partial charge in [0.15, 0.2) is 0 Å². The minimum atomic E-state index is 0.356. The van der Waals surface area contributed by atoms with Crippen LogP contribution in [0.15, 0.2) is 0 Å². The number of hydrogen-bond acceptors (Lipinski definition) is 2. The molecule has 18 heavy (non-hydrogen) atoms. The fraction of sp³-hybridized carbons (Fsp3) is 0.933. The second kappa shape index (κ2) is 5.60. The van der Waals surface area contributed by atoms with Gasteiger partial charge in [-0.3, -0.25) is 9.69 Å². The van der Waals surface area contributed by atoms with Crippen molar-refractivity contribution in [1.29, 1.82) is 0 Å². The summed E-state index contributed by atoms with van der Waals surface area (Å²) in [4.78, 5) is 17.2. The summed E-state index contributed by atoms with van der Waals surface area (Å²) in [6.45, 7) is 4.18. The number of nitrogens with zero attached hydrogens (tertiary/aromatic N) is 2. The van der Waals surface area contributed by atoms with Crippen LogP contribution in [-0.4, -0.2) is 47.9 Å². The topological polar surface area (TPSA) is 23.6 Å². The first-order valence-corrected chi connectivity index (χ1v) is 7.87. The van der Waals surface area contributed by atoms with Crippen LogP contribution in [0.5, 0.6) is 0 Å². The zero-order valence-electron chi connectivity index (χ0n) is 11.4. The van der Waals surface area contributed by atoms with Crippen LogP contribution >= 0.6 is 0 Å². The van der Waals surface area contributed by atoms with Crippen molar-refractivity contribution in [3.8, 4) is 0 Å². The largest absolute Gasteiger partial charge is 0.340 e. The van der Waals surface area contributed by atoms with Crippen LogP contribution in [0.1, 0.15) is 51.4 Å². The highest BCUT2D eigenvalue weighted by molar-refractivity contribution is 5.79. The van der Waals surface area contributed by atoms with Gasteiger partial charge >= 0.3 is 0 Å². The Morgan fingerprint density at radius 3 is 2.00 bits per heavy atom. The van der Waals surface area contributed by atoms with Crippen molar-refractivity contribution in [2.45, 2.75) is 57.4 Å². The van der Waals surface area contributed by atoms with E-state index in [0.717, 1.165) is 45.1 Å². The number of amides is 1. The van der Waals surface area contributed by atoms with E-state index in [1.54, 1.807) is 0 Å². The molecule has 0 aromatic rings. The zero-order valence-corrected chi connectivity index (χ0v) is 11.4. The van der Waals surface area contributed by atoms with Crippen molar-refractivity contribution in [1.82, 2.24) is 9.80 Å². The van der Waals surface area contributed by atoms with Crippen LogP contribution in [0.4, 0.5) is 0 Å². The fourth-order valence-electron chi connectivity index (χ4n) is 3.67. The van der Waals surface area contributed by atoms with Crippen molar-refractivity contribution >= 4 is 5.91 Å². The third-order valence-corrected chi connectivity index (χ3v) is 5.17. The van der Waals surface area contributed by atoms with Gasteiger partial charge in [0.05, 0.1) is 0 Å². The van der Waals surface area contributed by atoms with Gasteiger partial charge in [0.25, 0.3) is 0 Å². The van der Waals surface area contributed by atoms with E-state index >= 15 is 0 Å². The predicted molar refractivity (Wildman–Crippen MR) is 72.4 cm³/mol. The Bertz CT molecular complexity index is 287. The molecule has 3 rings (SSSR count). The maximum atomic E-state index is 12.4. The standard InChI is InChI=1S/C15H26N2O/c18-15(13-5-2-1-3-6-13)17-11-9-16(10-12-17)14-7-4-8-14/h13-14H,1-12H2. The van der Waals surface area contributed by atoms with Crippen LogP contribution in [0.25, 0.3) is 0 Å². The molecule has 3 nitrogen and oxygen atoms in total. The number of carbonyl (C=O) groups excluding carboxylic acids is 1. The van der Waals surface area contributed by atoms with Crippen molar-refractivity contribution in [3.63, 3.8) is 0 Å². The Hall–Kier alpha value is -0.570. The molecule has 3 fully saturated rings. The number of hydrogen-bond donors (Lipinski definition) is 0. The molecule has 0 bridgehead atoms. The highest BCUT2D eigenvalue weighted by Gasteiger charge is 2.31. The lowest BCUT2D eigenvalue weighted by Gasteiger charge is -2.43. The Balaban J connectivity index is 1.47. The molecule has 1 aliphatic heterocycles. The van der Waals surface area contributed by atoms with E-state index in [2.05, 4.69) is 9.80 Å². The van der Waals surface area contributed by atoms with E-state index in [-0.39, 0.29) is 0 Å². The highest BCUT2D eigenvalue weighted by atomic mass is 16.2. The second-order valence-electron chi connectivity index (χ2n) is 6.28. The Morgan fingerprint density at radius 2 is 1.44 bits per heavy atom. The minimum Gasteiger partial charge on any atom is -0.340 e. The SMILES string of the molecule is O=C(C1CCCCC1)N1CCN(C2CCC2)CC1. The predicted octanol–water partition coefficient (Wildman–Crippen LogP) is 2.26. The fourth-order valence-corrected chi connectivity index (χ4v) is 3.67. The van der Waals surface area contributed by atoms with Crippen molar-refractivity contribution < 1.29 is 4.79 Å². The molecule has 0 aromatic carbocycles. The summed E-state index contributed by atoms with van der Waals surface area (Å²) in [7, 11) is 0. The van der Waals surface area contributed by atoms with Gasteiger partial charge in [-0.15, -0.1) is 0 Å². The Labute approximate surface area is 111 Å². The molecular formula is C15H26N2O. The molecule has 1 amide bonds. The highest BCUT2D eigenvalue weighted by Crippen LogP contribution is 2.28. The van der Waals surface area contributed by atoms with Crippen molar-refractivity contribution in [2.75, 3.05) is 26.2 Å². The molecule has 0 aromatic heterocycles. The van der Waals surface area contributed by atoms with E-state index in [1.807, 2.05) is 0 Å². The first-order valence-electron chi connectivity index (χ1n) is 7.87. The van der Waals surface area contributed by atoms with E-state index in [4.69, 9.17) is 0 Å². The van der Waals surface area contributed by atoms with Crippen LogP contribution in [0.2, 0.25) is 0 Å². The smallest absolute Gasteiger partial charge is 0.225 e. The maximum Gasteiger partial charge on any atom is 0.225 e. The molecule has 0 unspecified atom stereocenters. The molecule has 3 heteroatoms. The van der Waals surface area contributed by atoms with E-state index in [9.17, 15) is 4.79 Å². The number of carbonyl (C=O) groups is 1. The molecule has 1 heterocycles. The van der Waals surface area contributed by atoms with Gasteiger partial charge in [0, 0.05) is 38.1 Å². The van der Waals surface area contributed by atoms with Gasteiger partial charge in [0.2, 0.25) is 5.91 Å². The summed E-state index contributed by atoms with van der Waals surface area (Å²) in [6, 6.07) is 0.844. The molecular weight excluding hydrogens is 224 g/mol. The summed E-state index contributed by atoms with van der Waals surface area (Å²) in [5, 5.41) is 0. The average Bonchev–Trinajstić information content (AvgIpc) is 2.38. The maximum absolute atomic E-state index is 12.4. The first-order chi connectivity index (χ1) is 8.84. The van der Waals surface area contributed by atoms with E-state index in [0.29, 0.717) is 11.8 Å². The third kappa shape index (κ3) is 2.56. The lowest BCUT2D eigenvalue weighted by molar-refractivity contribution is -0.139. The number of rotatable bonds is 2. The summed E-state index contributed by atoms with van der Waals surface area (Å²) in [6.07, 6.45) is 10.3. The summed E-state index contributed by atoms with van der Waals surface area (Å²) in [5.41, 5.74) is 0. The quantitative estimate of drug-likeness (QED) is 0.750. The monoisotopic (exact) mass is 250 g/mol. The molecule has 0 radical (unpaired) electrons. The number of piperazine rings is 1. The molecule has 2 aliphatic carbocycles. The normalized spacial score (nSPS) is 28.1. The molecule has 0 spiro atoms. The summed E-state index contributed by atoms with van der Waals surface area (Å²) < 4.78 is 0.